The zero-order valence-corrected chi connectivity index (χ0v) is 13.5. The van der Waals surface area contributed by atoms with Gasteiger partial charge in [-0.1, -0.05) is 29.8 Å². The van der Waals surface area contributed by atoms with E-state index < -0.39 is 0 Å². The van der Waals surface area contributed by atoms with E-state index in [0.29, 0.717) is 6.04 Å². The van der Waals surface area contributed by atoms with E-state index in [1.165, 1.54) is 29.7 Å². The van der Waals surface area contributed by atoms with Crippen LogP contribution in [-0.4, -0.2) is 34.7 Å². The van der Waals surface area contributed by atoms with E-state index in [0.717, 1.165) is 26.2 Å². The van der Waals surface area contributed by atoms with E-state index >= 15 is 0 Å². The maximum atomic E-state index is 5.27. The maximum absolute atomic E-state index is 5.27. The molecule has 1 aliphatic carbocycles. The molecular formula is C18H25N3O. The van der Waals surface area contributed by atoms with Crippen LogP contribution in [0.3, 0.4) is 0 Å². The van der Waals surface area contributed by atoms with Gasteiger partial charge in [-0.05, 0) is 25.3 Å². The van der Waals surface area contributed by atoms with E-state index in [9.17, 15) is 0 Å². The molecule has 22 heavy (non-hydrogen) atoms. The molecule has 0 amide bonds. The molecule has 0 atom stereocenters. The molecule has 118 valence electrons. The third-order valence-electron chi connectivity index (χ3n) is 4.21. The average molecular weight is 299 g/mol. The highest BCUT2D eigenvalue weighted by Crippen LogP contribution is 2.35. The highest BCUT2D eigenvalue weighted by Gasteiger charge is 2.25. The molecule has 0 radical (unpaired) electrons. The number of aryl methyl sites for hydroxylation is 1. The second-order valence-electron chi connectivity index (χ2n) is 6.21. The summed E-state index contributed by atoms with van der Waals surface area (Å²) in [6, 6.07) is 9.47. The Bertz CT molecular complexity index is 587. The van der Waals surface area contributed by atoms with Gasteiger partial charge in [0.15, 0.2) is 0 Å². The Labute approximate surface area is 132 Å². The van der Waals surface area contributed by atoms with Crippen molar-refractivity contribution in [2.45, 2.75) is 38.9 Å². The number of rotatable bonds is 8. The second kappa shape index (κ2) is 7.07. The minimum Gasteiger partial charge on any atom is -0.383 e. The van der Waals surface area contributed by atoms with Crippen LogP contribution in [0.1, 0.15) is 35.7 Å². The Kier molecular flexibility index (Phi) is 4.90. The number of aromatic nitrogens is 2. The minimum absolute atomic E-state index is 0.682. The van der Waals surface area contributed by atoms with Crippen molar-refractivity contribution in [1.29, 1.82) is 0 Å². The molecule has 0 unspecified atom stereocenters. The van der Waals surface area contributed by atoms with Gasteiger partial charge >= 0.3 is 0 Å². The Morgan fingerprint density at radius 1 is 1.23 bits per heavy atom. The molecule has 4 heteroatoms. The lowest BCUT2D eigenvalue weighted by Gasteiger charge is -2.22. The third kappa shape index (κ3) is 3.96. The molecule has 1 aromatic carbocycles. The van der Waals surface area contributed by atoms with Crippen molar-refractivity contribution in [3.05, 3.63) is 53.6 Å². The molecule has 0 bridgehead atoms. The number of ether oxygens (including phenoxy) is 1. The molecule has 1 fully saturated rings. The highest BCUT2D eigenvalue weighted by atomic mass is 16.5. The van der Waals surface area contributed by atoms with Crippen molar-refractivity contribution in [3.8, 4) is 0 Å². The monoisotopic (exact) mass is 299 g/mol. The summed E-state index contributed by atoms with van der Waals surface area (Å²) in [5, 5.41) is 0. The lowest BCUT2D eigenvalue weighted by molar-refractivity contribution is 0.138. The summed E-state index contributed by atoms with van der Waals surface area (Å²) in [6.07, 6.45) is 6.57. The van der Waals surface area contributed by atoms with E-state index in [-0.39, 0.29) is 0 Å². The molecular weight excluding hydrogens is 274 g/mol. The van der Waals surface area contributed by atoms with Gasteiger partial charge < -0.3 is 9.30 Å². The summed E-state index contributed by atoms with van der Waals surface area (Å²) in [7, 11) is 1.76. The predicted octanol–water partition coefficient (Wildman–Crippen LogP) is 3.18. The average Bonchev–Trinajstić information content (AvgIpc) is 3.27. The number of methoxy groups -OCH3 is 1. The molecule has 0 saturated heterocycles. The molecule has 1 heterocycles. The molecule has 0 aliphatic heterocycles. The van der Waals surface area contributed by atoms with Crippen LogP contribution in [0.2, 0.25) is 0 Å². The summed E-state index contributed by atoms with van der Waals surface area (Å²) >= 11 is 0. The molecule has 4 nitrogen and oxygen atoms in total. The summed E-state index contributed by atoms with van der Waals surface area (Å²) in [6.45, 7) is 5.68. The molecule has 0 spiro atoms. The van der Waals surface area contributed by atoms with Crippen LogP contribution in [0.4, 0.5) is 0 Å². The van der Waals surface area contributed by atoms with Gasteiger partial charge in [0.05, 0.1) is 18.6 Å². The van der Waals surface area contributed by atoms with Crippen molar-refractivity contribution >= 4 is 0 Å². The van der Waals surface area contributed by atoms with Crippen LogP contribution in [-0.2, 0) is 17.8 Å². The van der Waals surface area contributed by atoms with Crippen molar-refractivity contribution in [2.24, 2.45) is 0 Å². The molecule has 1 aromatic heterocycles. The first kappa shape index (κ1) is 15.3. The van der Waals surface area contributed by atoms with E-state index in [1.54, 1.807) is 7.11 Å². The first-order chi connectivity index (χ1) is 10.8. The zero-order valence-electron chi connectivity index (χ0n) is 13.5. The van der Waals surface area contributed by atoms with Gasteiger partial charge in [-0.3, -0.25) is 4.90 Å². The molecule has 1 aliphatic rings. The number of benzene rings is 1. The minimum atomic E-state index is 0.682. The van der Waals surface area contributed by atoms with Crippen molar-refractivity contribution in [2.75, 3.05) is 20.3 Å². The summed E-state index contributed by atoms with van der Waals surface area (Å²) in [5.41, 5.74) is 3.96. The van der Waals surface area contributed by atoms with Gasteiger partial charge in [0, 0.05) is 39.0 Å². The lowest BCUT2D eigenvalue weighted by atomic mass is 10.1. The molecule has 3 rings (SSSR count). The first-order valence-electron chi connectivity index (χ1n) is 8.04. The fourth-order valence-corrected chi connectivity index (χ4v) is 2.75. The number of nitrogens with zero attached hydrogens (tertiary/aromatic N) is 3. The van der Waals surface area contributed by atoms with Crippen LogP contribution in [0, 0.1) is 6.92 Å². The van der Waals surface area contributed by atoms with Gasteiger partial charge in [0.1, 0.15) is 0 Å². The number of hydrogen-bond donors (Lipinski definition) is 0. The summed E-state index contributed by atoms with van der Waals surface area (Å²) in [5.74, 6) is 0. The zero-order chi connectivity index (χ0) is 15.4. The lowest BCUT2D eigenvalue weighted by Crippen LogP contribution is -2.27. The van der Waals surface area contributed by atoms with Gasteiger partial charge in [-0.25, -0.2) is 4.98 Å². The van der Waals surface area contributed by atoms with E-state index in [4.69, 9.17) is 4.74 Å². The van der Waals surface area contributed by atoms with Crippen LogP contribution in [0.15, 0.2) is 36.8 Å². The Morgan fingerprint density at radius 2 is 2.00 bits per heavy atom. The highest BCUT2D eigenvalue weighted by molar-refractivity contribution is 5.21. The van der Waals surface area contributed by atoms with Crippen LogP contribution >= 0.6 is 0 Å². The Hall–Kier alpha value is -1.65. The third-order valence-corrected chi connectivity index (χ3v) is 4.21. The number of imidazole rings is 1. The van der Waals surface area contributed by atoms with Crippen molar-refractivity contribution in [1.82, 2.24) is 14.5 Å². The topological polar surface area (TPSA) is 30.3 Å². The Morgan fingerprint density at radius 3 is 2.68 bits per heavy atom. The van der Waals surface area contributed by atoms with Gasteiger partial charge in [-0.2, -0.15) is 0 Å². The first-order valence-corrected chi connectivity index (χ1v) is 8.04. The van der Waals surface area contributed by atoms with Crippen LogP contribution < -0.4 is 0 Å². The normalized spacial score (nSPS) is 14.7. The maximum Gasteiger partial charge on any atom is 0.0951 e. The smallest absolute Gasteiger partial charge is 0.0951 e. The standard InChI is InChI=1S/C18H25N3O/c1-15-3-5-16(6-4-15)12-20(9-10-22-2)13-18-11-19-14-21(18)17-7-8-17/h3-6,11,14,17H,7-10,12-13H2,1-2H3. The largest absolute Gasteiger partial charge is 0.383 e. The van der Waals surface area contributed by atoms with E-state index in [1.807, 2.05) is 12.5 Å². The van der Waals surface area contributed by atoms with Crippen molar-refractivity contribution < 1.29 is 4.74 Å². The molecule has 2 aromatic rings. The fraction of sp³-hybridized carbons (Fsp3) is 0.500. The summed E-state index contributed by atoms with van der Waals surface area (Å²) in [4.78, 5) is 6.77. The fourth-order valence-electron chi connectivity index (χ4n) is 2.75. The van der Waals surface area contributed by atoms with Gasteiger partial charge in [-0.15, -0.1) is 0 Å². The van der Waals surface area contributed by atoms with E-state index in [2.05, 4.69) is 45.6 Å². The second-order valence-corrected chi connectivity index (χ2v) is 6.21. The van der Waals surface area contributed by atoms with Crippen LogP contribution in [0.25, 0.3) is 0 Å². The molecule has 0 N–H and O–H groups in total. The van der Waals surface area contributed by atoms with Crippen LogP contribution in [0.5, 0.6) is 0 Å². The van der Waals surface area contributed by atoms with Gasteiger partial charge in [0.25, 0.3) is 0 Å². The number of hydrogen-bond acceptors (Lipinski definition) is 3. The molecule has 1 saturated carbocycles. The SMILES string of the molecule is COCCN(Cc1ccc(C)cc1)Cc1cncn1C1CC1. The Balaban J connectivity index is 1.68. The summed E-state index contributed by atoms with van der Waals surface area (Å²) < 4.78 is 7.62. The predicted molar refractivity (Wildman–Crippen MR) is 87.7 cm³/mol. The van der Waals surface area contributed by atoms with Crippen molar-refractivity contribution in [3.63, 3.8) is 0 Å². The van der Waals surface area contributed by atoms with Gasteiger partial charge in [0.2, 0.25) is 0 Å². The quantitative estimate of drug-likeness (QED) is 0.750.